The Kier molecular flexibility index (Phi) is 7.97. The van der Waals surface area contributed by atoms with E-state index >= 15 is 0 Å². The molecular weight excluding hydrogens is 492 g/mol. The maximum absolute atomic E-state index is 14.0. The lowest BCUT2D eigenvalue weighted by Gasteiger charge is -2.44. The van der Waals surface area contributed by atoms with Gasteiger partial charge in [0.25, 0.3) is 5.91 Å². The zero-order valence-corrected chi connectivity index (χ0v) is 21.9. The molecule has 2 heterocycles. The molecule has 0 atom stereocenters. The van der Waals surface area contributed by atoms with Gasteiger partial charge in [0.1, 0.15) is 12.4 Å². The third-order valence-corrected chi connectivity index (χ3v) is 8.06. The number of aryl methyl sites for hydroxylation is 1. The second-order valence-corrected chi connectivity index (χ2v) is 10.7. The Bertz CT molecular complexity index is 1010. The van der Waals surface area contributed by atoms with E-state index in [-0.39, 0.29) is 17.9 Å². The van der Waals surface area contributed by atoms with E-state index in [0.29, 0.717) is 44.6 Å². The van der Waals surface area contributed by atoms with Crippen LogP contribution in [0, 0.1) is 5.41 Å². The smallest absolute Gasteiger partial charge is 0.254 e. The van der Waals surface area contributed by atoms with Gasteiger partial charge in [0.2, 0.25) is 5.91 Å². The Morgan fingerprint density at radius 1 is 0.971 bits per heavy atom. The van der Waals surface area contributed by atoms with Gasteiger partial charge in [-0.3, -0.25) is 9.59 Å². The van der Waals surface area contributed by atoms with E-state index in [1.54, 1.807) is 0 Å². The maximum Gasteiger partial charge on any atom is 0.254 e. The van der Waals surface area contributed by atoms with Crippen molar-refractivity contribution in [3.8, 4) is 5.75 Å². The standard InChI is InChI=1S/C28H35BrN2O3/c1-21(2)31-19-20-34-25-13-6-3-9-22(25)10-7-8-14-28(27(31)33)15-17-30(18-16-28)26(32)23-11-4-5-12-24(23)29/h3-6,9,11-13,21H,7-8,10,14-20H2,1-2H3. The molecule has 0 bridgehead atoms. The van der Waals surface area contributed by atoms with Crippen LogP contribution in [0.1, 0.15) is 61.9 Å². The van der Waals surface area contributed by atoms with Crippen LogP contribution in [0.4, 0.5) is 0 Å². The molecule has 0 N–H and O–H groups in total. The Balaban J connectivity index is 1.52. The van der Waals surface area contributed by atoms with Gasteiger partial charge in [-0.05, 0) is 85.6 Å². The molecule has 2 aromatic carbocycles. The van der Waals surface area contributed by atoms with Gasteiger partial charge < -0.3 is 14.5 Å². The van der Waals surface area contributed by atoms with Gasteiger partial charge in [0.05, 0.1) is 17.5 Å². The highest BCUT2D eigenvalue weighted by molar-refractivity contribution is 9.10. The second kappa shape index (κ2) is 10.9. The number of nitrogens with zero attached hydrogens (tertiary/aromatic N) is 2. The minimum atomic E-state index is -0.409. The normalized spacial score (nSPS) is 19.2. The molecule has 1 saturated heterocycles. The lowest BCUT2D eigenvalue weighted by Crippen LogP contribution is -2.53. The van der Waals surface area contributed by atoms with Gasteiger partial charge in [0, 0.05) is 23.6 Å². The largest absolute Gasteiger partial charge is 0.491 e. The van der Waals surface area contributed by atoms with Gasteiger partial charge >= 0.3 is 0 Å². The lowest BCUT2D eigenvalue weighted by molar-refractivity contribution is -0.148. The lowest BCUT2D eigenvalue weighted by atomic mass is 9.72. The number of ether oxygens (including phenoxy) is 1. The van der Waals surface area contributed by atoms with Crippen LogP contribution in [0.5, 0.6) is 5.75 Å². The summed E-state index contributed by atoms with van der Waals surface area (Å²) in [6.07, 6.45) is 5.27. The first-order valence-corrected chi connectivity index (χ1v) is 13.3. The highest BCUT2D eigenvalue weighted by Crippen LogP contribution is 2.40. The molecule has 1 fully saturated rings. The molecule has 6 heteroatoms. The summed E-state index contributed by atoms with van der Waals surface area (Å²) in [5.41, 5.74) is 1.52. The zero-order chi connectivity index (χ0) is 24.1. The number of amides is 2. The van der Waals surface area contributed by atoms with Crippen LogP contribution in [0.15, 0.2) is 53.0 Å². The van der Waals surface area contributed by atoms with E-state index < -0.39 is 5.41 Å². The summed E-state index contributed by atoms with van der Waals surface area (Å²) in [6.45, 7) is 6.44. The fourth-order valence-corrected chi connectivity index (χ4v) is 5.75. The number of hydrogen-bond acceptors (Lipinski definition) is 3. The molecule has 5 nitrogen and oxygen atoms in total. The molecule has 34 heavy (non-hydrogen) atoms. The molecular formula is C28H35BrN2O3. The van der Waals surface area contributed by atoms with Gasteiger partial charge in [-0.25, -0.2) is 0 Å². The van der Waals surface area contributed by atoms with Gasteiger partial charge in [-0.1, -0.05) is 36.8 Å². The number of para-hydroxylation sites is 1. The fraction of sp³-hybridized carbons (Fsp3) is 0.500. The van der Waals surface area contributed by atoms with Crippen molar-refractivity contribution in [3.05, 3.63) is 64.1 Å². The van der Waals surface area contributed by atoms with Crippen molar-refractivity contribution in [1.29, 1.82) is 0 Å². The van der Waals surface area contributed by atoms with Crippen LogP contribution in [0.3, 0.4) is 0 Å². The highest BCUT2D eigenvalue weighted by atomic mass is 79.9. The Hall–Kier alpha value is -2.34. The van der Waals surface area contributed by atoms with E-state index in [4.69, 9.17) is 4.74 Å². The van der Waals surface area contributed by atoms with E-state index in [2.05, 4.69) is 41.9 Å². The first kappa shape index (κ1) is 24.8. The Labute approximate surface area is 211 Å². The highest BCUT2D eigenvalue weighted by Gasteiger charge is 2.44. The summed E-state index contributed by atoms with van der Waals surface area (Å²) in [6, 6.07) is 15.9. The number of fused-ring (bicyclic) bond motifs is 1. The third-order valence-electron chi connectivity index (χ3n) is 7.36. The first-order valence-electron chi connectivity index (χ1n) is 12.5. The maximum atomic E-state index is 14.0. The van der Waals surface area contributed by atoms with Gasteiger partial charge in [-0.15, -0.1) is 0 Å². The molecule has 0 aromatic heterocycles. The average Bonchev–Trinajstić information content (AvgIpc) is 2.84. The number of carbonyl (C=O) groups is 2. The van der Waals surface area contributed by atoms with E-state index in [9.17, 15) is 9.59 Å². The van der Waals surface area contributed by atoms with Crippen molar-refractivity contribution in [1.82, 2.24) is 9.80 Å². The third kappa shape index (κ3) is 5.32. The van der Waals surface area contributed by atoms with Crippen LogP contribution >= 0.6 is 15.9 Å². The fourth-order valence-electron chi connectivity index (χ4n) is 5.30. The summed E-state index contributed by atoms with van der Waals surface area (Å²) in [4.78, 5) is 31.0. The molecule has 0 unspecified atom stereocenters. The van der Waals surface area contributed by atoms with E-state index in [1.807, 2.05) is 46.2 Å². The van der Waals surface area contributed by atoms with E-state index in [1.165, 1.54) is 5.56 Å². The number of piperidine rings is 1. The summed E-state index contributed by atoms with van der Waals surface area (Å²) < 4.78 is 6.94. The number of rotatable bonds is 2. The predicted molar refractivity (Wildman–Crippen MR) is 138 cm³/mol. The molecule has 4 rings (SSSR count). The van der Waals surface area contributed by atoms with Crippen LogP contribution < -0.4 is 4.74 Å². The quantitative estimate of drug-likeness (QED) is 0.503. The molecule has 0 radical (unpaired) electrons. The number of halogens is 1. The second-order valence-electron chi connectivity index (χ2n) is 9.81. The molecule has 0 saturated carbocycles. The summed E-state index contributed by atoms with van der Waals surface area (Å²) in [7, 11) is 0. The topological polar surface area (TPSA) is 49.9 Å². The van der Waals surface area contributed by atoms with Crippen molar-refractivity contribution in [3.63, 3.8) is 0 Å². The van der Waals surface area contributed by atoms with Crippen LogP contribution in [-0.4, -0.2) is 53.9 Å². The zero-order valence-electron chi connectivity index (χ0n) is 20.3. The summed E-state index contributed by atoms with van der Waals surface area (Å²) in [5.74, 6) is 1.20. The van der Waals surface area contributed by atoms with Crippen molar-refractivity contribution >= 4 is 27.7 Å². The van der Waals surface area contributed by atoms with Crippen LogP contribution in [0.25, 0.3) is 0 Å². The Morgan fingerprint density at radius 3 is 2.41 bits per heavy atom. The SMILES string of the molecule is CC(C)N1CCOc2ccccc2CCCCC2(CCN(C(=O)c3ccccc3Br)CC2)C1=O. The number of likely N-dealkylation sites (tertiary alicyclic amines) is 1. The molecule has 0 aliphatic carbocycles. The first-order chi connectivity index (χ1) is 16.4. The molecule has 182 valence electrons. The monoisotopic (exact) mass is 526 g/mol. The van der Waals surface area contributed by atoms with Gasteiger partial charge in [0.15, 0.2) is 0 Å². The summed E-state index contributed by atoms with van der Waals surface area (Å²) >= 11 is 3.51. The van der Waals surface area contributed by atoms with Crippen molar-refractivity contribution in [2.45, 2.75) is 58.4 Å². The average molecular weight is 528 g/mol. The minimum Gasteiger partial charge on any atom is -0.491 e. The number of carbonyl (C=O) groups excluding carboxylic acids is 2. The van der Waals surface area contributed by atoms with Crippen LogP contribution in [0.2, 0.25) is 0 Å². The summed E-state index contributed by atoms with van der Waals surface area (Å²) in [5, 5.41) is 0. The van der Waals surface area contributed by atoms with Gasteiger partial charge in [-0.2, -0.15) is 0 Å². The molecule has 2 aliphatic rings. The van der Waals surface area contributed by atoms with Crippen molar-refractivity contribution in [2.75, 3.05) is 26.2 Å². The minimum absolute atomic E-state index is 0.0358. The number of benzene rings is 2. The molecule has 2 aromatic rings. The van der Waals surface area contributed by atoms with Crippen LogP contribution in [-0.2, 0) is 11.2 Å². The number of hydrogen-bond donors (Lipinski definition) is 0. The molecule has 2 amide bonds. The predicted octanol–water partition coefficient (Wildman–Crippen LogP) is 5.71. The molecule has 1 spiro atoms. The van der Waals surface area contributed by atoms with E-state index in [0.717, 1.165) is 35.9 Å². The Morgan fingerprint density at radius 2 is 1.68 bits per heavy atom. The molecule has 2 aliphatic heterocycles. The van der Waals surface area contributed by atoms with Crippen molar-refractivity contribution < 1.29 is 14.3 Å². The van der Waals surface area contributed by atoms with Crippen molar-refractivity contribution in [2.24, 2.45) is 5.41 Å².